The summed E-state index contributed by atoms with van der Waals surface area (Å²) in [7, 11) is 2.10. The summed E-state index contributed by atoms with van der Waals surface area (Å²) in [6, 6.07) is 1.76. The van der Waals surface area contributed by atoms with Crippen molar-refractivity contribution >= 4 is 35.1 Å². The van der Waals surface area contributed by atoms with E-state index in [0.717, 1.165) is 32.0 Å². The summed E-state index contributed by atoms with van der Waals surface area (Å²) in [6.07, 6.45) is 0. The molecule has 0 spiro atoms. The minimum atomic E-state index is -0.225. The Morgan fingerprint density at radius 2 is 2.14 bits per heavy atom. The Bertz CT molecular complexity index is 511. The molecule has 0 aliphatic carbocycles. The number of rotatable bonds is 6. The molecule has 0 atom stereocenters. The molecule has 1 N–H and O–H groups in total. The summed E-state index contributed by atoms with van der Waals surface area (Å²) in [5.41, 5.74) is 2.34. The molecule has 1 saturated heterocycles. The molecular formula is C13H20ClN5O2S. The number of likely N-dealkylation sites (N-methyl/N-ethyl adjacent to an activating group) is 1. The van der Waals surface area contributed by atoms with Crippen LogP contribution in [0.5, 0.6) is 0 Å². The zero-order valence-electron chi connectivity index (χ0n) is 12.7. The highest BCUT2D eigenvalue weighted by Crippen LogP contribution is 2.22. The summed E-state index contributed by atoms with van der Waals surface area (Å²) >= 11 is 7.31. The van der Waals surface area contributed by atoms with Gasteiger partial charge in [-0.2, -0.15) is 0 Å². The van der Waals surface area contributed by atoms with Gasteiger partial charge in [0.1, 0.15) is 11.0 Å². The molecule has 1 amide bonds. The van der Waals surface area contributed by atoms with Gasteiger partial charge in [0.05, 0.1) is 12.4 Å². The van der Waals surface area contributed by atoms with Crippen molar-refractivity contribution in [2.75, 3.05) is 50.5 Å². The predicted octanol–water partition coefficient (Wildman–Crippen LogP) is 1.04. The van der Waals surface area contributed by atoms with Crippen LogP contribution in [-0.4, -0.2) is 66.4 Å². The molecule has 0 bridgehead atoms. The topological polar surface area (TPSA) is 70.6 Å². The number of nitrogens with one attached hydrogen (secondary N) is 1. The molecule has 1 aliphatic heterocycles. The second-order valence-corrected chi connectivity index (χ2v) is 6.20. The van der Waals surface area contributed by atoms with E-state index >= 15 is 0 Å². The van der Waals surface area contributed by atoms with Gasteiger partial charge in [0, 0.05) is 32.2 Å². The number of hydrogen-bond donors (Lipinski definition) is 1. The van der Waals surface area contributed by atoms with E-state index in [9.17, 15) is 4.79 Å². The van der Waals surface area contributed by atoms with Gasteiger partial charge in [-0.1, -0.05) is 23.4 Å². The standard InChI is InChI=1S/C13H20ClN5O2S/c1-3-21-17-12(20)9-22-13-15-10(14)8-11(16-13)19-6-4-18(2)5-7-19/h8H,3-7,9H2,1-2H3,(H,17,20). The van der Waals surface area contributed by atoms with Gasteiger partial charge in [-0.05, 0) is 14.0 Å². The van der Waals surface area contributed by atoms with Gasteiger partial charge >= 0.3 is 0 Å². The lowest BCUT2D eigenvalue weighted by Gasteiger charge is -2.33. The van der Waals surface area contributed by atoms with E-state index in [4.69, 9.17) is 16.4 Å². The first-order valence-electron chi connectivity index (χ1n) is 7.10. The number of halogens is 1. The summed E-state index contributed by atoms with van der Waals surface area (Å²) in [5, 5.41) is 0.879. The van der Waals surface area contributed by atoms with Crippen molar-refractivity contribution in [1.29, 1.82) is 0 Å². The second-order valence-electron chi connectivity index (χ2n) is 4.87. The van der Waals surface area contributed by atoms with E-state index in [1.54, 1.807) is 13.0 Å². The van der Waals surface area contributed by atoms with Gasteiger partial charge < -0.3 is 9.80 Å². The quantitative estimate of drug-likeness (QED) is 0.357. The molecule has 0 unspecified atom stereocenters. The maximum Gasteiger partial charge on any atom is 0.254 e. The number of carbonyl (C=O) groups is 1. The lowest BCUT2D eigenvalue weighted by Crippen LogP contribution is -2.44. The van der Waals surface area contributed by atoms with Gasteiger partial charge in [-0.25, -0.2) is 15.4 Å². The maximum atomic E-state index is 11.5. The SMILES string of the molecule is CCONC(=O)CSc1nc(Cl)cc(N2CCN(C)CC2)n1. The fraction of sp³-hybridized carbons (Fsp3) is 0.615. The van der Waals surface area contributed by atoms with Gasteiger partial charge in [-0.3, -0.25) is 9.63 Å². The van der Waals surface area contributed by atoms with Crippen molar-refractivity contribution in [3.05, 3.63) is 11.2 Å². The molecular weight excluding hydrogens is 326 g/mol. The molecule has 0 aromatic carbocycles. The monoisotopic (exact) mass is 345 g/mol. The average Bonchev–Trinajstić information content (AvgIpc) is 2.51. The number of amides is 1. The molecule has 1 fully saturated rings. The Morgan fingerprint density at radius 3 is 2.82 bits per heavy atom. The minimum Gasteiger partial charge on any atom is -0.354 e. The highest BCUT2D eigenvalue weighted by Gasteiger charge is 2.17. The van der Waals surface area contributed by atoms with Crippen molar-refractivity contribution < 1.29 is 9.63 Å². The third kappa shape index (κ3) is 5.28. The van der Waals surface area contributed by atoms with Crippen LogP contribution in [0.2, 0.25) is 5.15 Å². The molecule has 0 radical (unpaired) electrons. The van der Waals surface area contributed by atoms with E-state index < -0.39 is 0 Å². The average molecular weight is 346 g/mol. The first-order chi connectivity index (χ1) is 10.6. The van der Waals surface area contributed by atoms with Crippen molar-refractivity contribution in [2.24, 2.45) is 0 Å². The molecule has 122 valence electrons. The lowest BCUT2D eigenvalue weighted by atomic mass is 10.3. The molecule has 22 heavy (non-hydrogen) atoms. The molecule has 0 saturated carbocycles. The first kappa shape index (κ1) is 17.3. The van der Waals surface area contributed by atoms with Crippen LogP contribution in [0, 0.1) is 0 Å². The number of hydrogen-bond acceptors (Lipinski definition) is 7. The molecule has 2 rings (SSSR count). The van der Waals surface area contributed by atoms with E-state index in [0.29, 0.717) is 16.9 Å². The summed E-state index contributed by atoms with van der Waals surface area (Å²) in [6.45, 7) is 6.01. The number of anilines is 1. The number of carbonyl (C=O) groups excluding carboxylic acids is 1. The Labute approximate surface area is 139 Å². The van der Waals surface area contributed by atoms with E-state index in [1.807, 2.05) is 0 Å². The fourth-order valence-electron chi connectivity index (χ4n) is 1.96. The van der Waals surface area contributed by atoms with Crippen LogP contribution in [0.1, 0.15) is 6.92 Å². The fourth-order valence-corrected chi connectivity index (χ4v) is 2.83. The van der Waals surface area contributed by atoms with E-state index in [2.05, 4.69) is 32.3 Å². The Kier molecular flexibility index (Phi) is 6.69. The van der Waals surface area contributed by atoms with E-state index in [-0.39, 0.29) is 11.7 Å². The smallest absolute Gasteiger partial charge is 0.254 e. The number of hydroxylamine groups is 1. The van der Waals surface area contributed by atoms with Crippen molar-refractivity contribution in [3.8, 4) is 0 Å². The summed E-state index contributed by atoms with van der Waals surface area (Å²) in [5.74, 6) is 0.764. The van der Waals surface area contributed by atoms with Gasteiger partial charge in [-0.15, -0.1) is 0 Å². The molecule has 1 aliphatic rings. The maximum absolute atomic E-state index is 11.5. The number of piperazine rings is 1. The normalized spacial score (nSPS) is 15.9. The number of nitrogens with zero attached hydrogens (tertiary/aromatic N) is 4. The van der Waals surface area contributed by atoms with Crippen LogP contribution in [0.25, 0.3) is 0 Å². The van der Waals surface area contributed by atoms with Gasteiger partial charge in [0.2, 0.25) is 0 Å². The Morgan fingerprint density at radius 1 is 1.41 bits per heavy atom. The summed E-state index contributed by atoms with van der Waals surface area (Å²) < 4.78 is 0. The highest BCUT2D eigenvalue weighted by molar-refractivity contribution is 7.99. The zero-order chi connectivity index (χ0) is 15.9. The van der Waals surface area contributed by atoms with Crippen LogP contribution in [-0.2, 0) is 9.63 Å². The van der Waals surface area contributed by atoms with Crippen molar-refractivity contribution in [2.45, 2.75) is 12.1 Å². The summed E-state index contributed by atoms with van der Waals surface area (Å²) in [4.78, 5) is 29.5. The molecule has 9 heteroatoms. The molecule has 1 aromatic heterocycles. The van der Waals surface area contributed by atoms with Crippen molar-refractivity contribution in [3.63, 3.8) is 0 Å². The molecule has 2 heterocycles. The number of aromatic nitrogens is 2. The van der Waals surface area contributed by atoms with Gasteiger partial charge in [0.15, 0.2) is 5.16 Å². The highest BCUT2D eigenvalue weighted by atomic mass is 35.5. The van der Waals surface area contributed by atoms with Crippen LogP contribution >= 0.6 is 23.4 Å². The lowest BCUT2D eigenvalue weighted by molar-refractivity contribution is -0.130. The van der Waals surface area contributed by atoms with Crippen molar-refractivity contribution in [1.82, 2.24) is 20.3 Å². The first-order valence-corrected chi connectivity index (χ1v) is 8.46. The Hall–Kier alpha value is -1.09. The zero-order valence-corrected chi connectivity index (χ0v) is 14.3. The Balaban J connectivity index is 1.96. The van der Waals surface area contributed by atoms with Crippen LogP contribution < -0.4 is 10.4 Å². The van der Waals surface area contributed by atoms with Crippen LogP contribution in [0.3, 0.4) is 0 Å². The largest absolute Gasteiger partial charge is 0.354 e. The molecule has 7 nitrogen and oxygen atoms in total. The third-order valence-corrected chi connectivity index (χ3v) is 4.19. The van der Waals surface area contributed by atoms with Gasteiger partial charge in [0.25, 0.3) is 5.91 Å². The van der Waals surface area contributed by atoms with Crippen LogP contribution in [0.15, 0.2) is 11.2 Å². The van der Waals surface area contributed by atoms with Crippen LogP contribution in [0.4, 0.5) is 5.82 Å². The second kappa shape index (κ2) is 8.52. The number of thioether (sulfide) groups is 1. The van der Waals surface area contributed by atoms with E-state index in [1.165, 1.54) is 11.8 Å². The minimum absolute atomic E-state index is 0.183. The molecule has 1 aromatic rings. The predicted molar refractivity (Wildman–Crippen MR) is 87.2 cm³/mol. The third-order valence-electron chi connectivity index (χ3n) is 3.15.